The summed E-state index contributed by atoms with van der Waals surface area (Å²) >= 11 is 0. The molecule has 0 aliphatic heterocycles. The molecule has 0 saturated carbocycles. The fourth-order valence-corrected chi connectivity index (χ4v) is 1.13. The highest BCUT2D eigenvalue weighted by Gasteiger charge is 2.04. The predicted molar refractivity (Wildman–Crippen MR) is 52.9 cm³/mol. The lowest BCUT2D eigenvalue weighted by Gasteiger charge is -2.09. The summed E-state index contributed by atoms with van der Waals surface area (Å²) in [6, 6.07) is 0. The summed E-state index contributed by atoms with van der Waals surface area (Å²) in [6.45, 7) is 5.34. The van der Waals surface area contributed by atoms with E-state index in [1.165, 1.54) is 0 Å². The SMILES string of the molecule is CCCC(C)COCCC(=O)ONN. The van der Waals surface area contributed by atoms with Crippen LogP contribution in [0.3, 0.4) is 0 Å². The maximum atomic E-state index is 10.8. The van der Waals surface area contributed by atoms with Crippen LogP contribution >= 0.6 is 0 Å². The average molecular weight is 204 g/mol. The van der Waals surface area contributed by atoms with Crippen LogP contribution in [0.1, 0.15) is 33.1 Å². The van der Waals surface area contributed by atoms with Gasteiger partial charge in [-0.25, -0.2) is 5.84 Å². The summed E-state index contributed by atoms with van der Waals surface area (Å²) in [7, 11) is 0. The molecule has 0 aliphatic carbocycles. The highest BCUT2D eigenvalue weighted by atomic mass is 16.7. The molecule has 0 heterocycles. The van der Waals surface area contributed by atoms with Crippen LogP contribution in [0, 0.1) is 5.92 Å². The van der Waals surface area contributed by atoms with Crippen LogP contribution in [0.4, 0.5) is 0 Å². The van der Waals surface area contributed by atoms with E-state index in [1.54, 1.807) is 0 Å². The molecule has 84 valence electrons. The maximum absolute atomic E-state index is 10.8. The summed E-state index contributed by atoms with van der Waals surface area (Å²) in [5.41, 5.74) is 1.83. The smallest absolute Gasteiger partial charge is 0.328 e. The van der Waals surface area contributed by atoms with E-state index in [4.69, 9.17) is 10.6 Å². The number of ether oxygens (including phenoxy) is 1. The Kier molecular flexibility index (Phi) is 8.51. The molecule has 0 aliphatic rings. The Morgan fingerprint density at radius 3 is 2.86 bits per heavy atom. The normalized spacial score (nSPS) is 12.5. The van der Waals surface area contributed by atoms with Gasteiger partial charge in [-0.05, 0) is 12.3 Å². The van der Waals surface area contributed by atoms with E-state index in [1.807, 2.05) is 5.59 Å². The van der Waals surface area contributed by atoms with Gasteiger partial charge in [0.15, 0.2) is 0 Å². The quantitative estimate of drug-likeness (QED) is 0.347. The van der Waals surface area contributed by atoms with E-state index in [2.05, 4.69) is 18.7 Å². The van der Waals surface area contributed by atoms with Gasteiger partial charge in [0, 0.05) is 6.61 Å². The molecule has 0 aromatic rings. The van der Waals surface area contributed by atoms with E-state index < -0.39 is 5.97 Å². The van der Waals surface area contributed by atoms with Gasteiger partial charge in [0.2, 0.25) is 0 Å². The third kappa shape index (κ3) is 7.97. The number of nitrogens with one attached hydrogen (secondary N) is 1. The second kappa shape index (κ2) is 8.93. The van der Waals surface area contributed by atoms with Gasteiger partial charge in [0.25, 0.3) is 0 Å². The van der Waals surface area contributed by atoms with Crippen LogP contribution in [0.25, 0.3) is 0 Å². The molecule has 5 nitrogen and oxygen atoms in total. The first-order valence-electron chi connectivity index (χ1n) is 4.93. The summed E-state index contributed by atoms with van der Waals surface area (Å²) < 4.78 is 5.30. The molecule has 0 spiro atoms. The number of carbonyl (C=O) groups excluding carboxylic acids is 1. The van der Waals surface area contributed by atoms with Crippen molar-refractivity contribution in [2.45, 2.75) is 33.1 Å². The molecule has 0 aromatic heterocycles. The van der Waals surface area contributed by atoms with Gasteiger partial charge in [-0.1, -0.05) is 25.9 Å². The molecule has 0 rings (SSSR count). The van der Waals surface area contributed by atoms with E-state index in [0.717, 1.165) is 12.8 Å². The Labute approximate surface area is 84.9 Å². The van der Waals surface area contributed by atoms with Crippen LogP contribution in [0.5, 0.6) is 0 Å². The fraction of sp³-hybridized carbons (Fsp3) is 0.889. The van der Waals surface area contributed by atoms with Crippen molar-refractivity contribution in [3.05, 3.63) is 0 Å². The summed E-state index contributed by atoms with van der Waals surface area (Å²) in [5, 5.41) is 0. The van der Waals surface area contributed by atoms with E-state index in [0.29, 0.717) is 19.1 Å². The van der Waals surface area contributed by atoms with Gasteiger partial charge < -0.3 is 9.57 Å². The second-order valence-corrected chi connectivity index (χ2v) is 3.31. The molecule has 0 aromatic carbocycles. The van der Waals surface area contributed by atoms with Crippen LogP contribution in [0.15, 0.2) is 0 Å². The number of hydrogen-bond donors (Lipinski definition) is 2. The van der Waals surface area contributed by atoms with Crippen LogP contribution < -0.4 is 11.4 Å². The minimum atomic E-state index is -0.407. The lowest BCUT2D eigenvalue weighted by molar-refractivity contribution is -0.152. The molecule has 0 amide bonds. The van der Waals surface area contributed by atoms with E-state index >= 15 is 0 Å². The molecular weight excluding hydrogens is 184 g/mol. The molecule has 1 atom stereocenters. The van der Waals surface area contributed by atoms with Crippen molar-refractivity contribution in [1.82, 2.24) is 5.59 Å². The Balaban J connectivity index is 3.24. The molecule has 5 heteroatoms. The zero-order chi connectivity index (χ0) is 10.8. The first-order chi connectivity index (χ1) is 6.70. The molecule has 0 fully saturated rings. The van der Waals surface area contributed by atoms with Crippen molar-refractivity contribution in [2.75, 3.05) is 13.2 Å². The molecule has 3 N–H and O–H groups in total. The summed E-state index contributed by atoms with van der Waals surface area (Å²) in [5.74, 6) is 4.93. The molecular formula is C9H20N2O3. The molecule has 0 bridgehead atoms. The maximum Gasteiger partial charge on any atom is 0.328 e. The second-order valence-electron chi connectivity index (χ2n) is 3.31. The van der Waals surface area contributed by atoms with Gasteiger partial charge >= 0.3 is 5.97 Å². The van der Waals surface area contributed by atoms with Gasteiger partial charge in [-0.2, -0.15) is 0 Å². The first-order valence-corrected chi connectivity index (χ1v) is 4.93. The van der Waals surface area contributed by atoms with Crippen LogP contribution in [0.2, 0.25) is 0 Å². The standard InChI is InChI=1S/C9H20N2O3/c1-3-4-8(2)7-13-6-5-9(12)14-11-10/h8,11H,3-7,10H2,1-2H3. The van der Waals surface area contributed by atoms with Crippen molar-refractivity contribution in [2.24, 2.45) is 11.8 Å². The van der Waals surface area contributed by atoms with Gasteiger partial charge in [-0.15, -0.1) is 0 Å². The zero-order valence-corrected chi connectivity index (χ0v) is 8.91. The van der Waals surface area contributed by atoms with E-state index in [9.17, 15) is 4.79 Å². The predicted octanol–water partition coefficient (Wildman–Crippen LogP) is 0.751. The largest absolute Gasteiger partial charge is 0.381 e. The zero-order valence-electron chi connectivity index (χ0n) is 8.91. The molecule has 1 unspecified atom stereocenters. The number of carbonyl (C=O) groups is 1. The molecule has 0 radical (unpaired) electrons. The van der Waals surface area contributed by atoms with Crippen molar-refractivity contribution < 1.29 is 14.4 Å². The molecule has 0 saturated heterocycles. The van der Waals surface area contributed by atoms with Crippen LogP contribution in [-0.4, -0.2) is 19.2 Å². The third-order valence-corrected chi connectivity index (χ3v) is 1.81. The number of hydrogen-bond acceptors (Lipinski definition) is 5. The minimum absolute atomic E-state index is 0.225. The fourth-order valence-electron chi connectivity index (χ4n) is 1.13. The Bertz CT molecular complexity index is 153. The Hall–Kier alpha value is -0.650. The van der Waals surface area contributed by atoms with Crippen molar-refractivity contribution in [3.8, 4) is 0 Å². The van der Waals surface area contributed by atoms with Crippen molar-refractivity contribution in [1.29, 1.82) is 0 Å². The lowest BCUT2D eigenvalue weighted by Crippen LogP contribution is -2.26. The minimum Gasteiger partial charge on any atom is -0.381 e. The van der Waals surface area contributed by atoms with Gasteiger partial charge in [-0.3, -0.25) is 4.79 Å². The van der Waals surface area contributed by atoms with Gasteiger partial charge in [0.1, 0.15) is 0 Å². The highest BCUT2D eigenvalue weighted by Crippen LogP contribution is 2.05. The number of nitrogens with two attached hydrogens (primary N) is 1. The van der Waals surface area contributed by atoms with Gasteiger partial charge in [0.05, 0.1) is 13.0 Å². The Morgan fingerprint density at radius 1 is 1.57 bits per heavy atom. The number of rotatable bonds is 8. The topological polar surface area (TPSA) is 73.6 Å². The van der Waals surface area contributed by atoms with Crippen molar-refractivity contribution in [3.63, 3.8) is 0 Å². The summed E-state index contributed by atoms with van der Waals surface area (Å²) in [4.78, 5) is 15.1. The Morgan fingerprint density at radius 2 is 2.29 bits per heavy atom. The average Bonchev–Trinajstić information content (AvgIpc) is 2.13. The van der Waals surface area contributed by atoms with Crippen LogP contribution in [-0.2, 0) is 14.4 Å². The monoisotopic (exact) mass is 204 g/mol. The summed E-state index contributed by atoms with van der Waals surface area (Å²) in [6.07, 6.45) is 2.53. The van der Waals surface area contributed by atoms with Crippen molar-refractivity contribution >= 4 is 5.97 Å². The lowest BCUT2D eigenvalue weighted by atomic mass is 10.1. The first kappa shape index (κ1) is 13.4. The number of hydrazine groups is 1. The highest BCUT2D eigenvalue weighted by molar-refractivity contribution is 5.69. The van der Waals surface area contributed by atoms with E-state index in [-0.39, 0.29) is 6.42 Å². The molecule has 14 heavy (non-hydrogen) atoms. The third-order valence-electron chi connectivity index (χ3n) is 1.81.